The van der Waals surface area contributed by atoms with Crippen LogP contribution in [0.5, 0.6) is 11.5 Å². The number of nitrogens with two attached hydrogens (primary N) is 1. The lowest BCUT2D eigenvalue weighted by Gasteiger charge is -2.24. The van der Waals surface area contributed by atoms with Gasteiger partial charge in [0.05, 0.1) is 0 Å². The standard InChI is InChI=1S/C19H17NO4/c20-16(19(22)23)17(13-7-2-1-3-8-13)24-18-14-9-5-4-6-12(14)10-11-15(18)21/h1-11,16-17,21H,20H2,(H,22,23)/t16-,17?/m0/s1. The molecular formula is C19H17NO4. The van der Waals surface area contributed by atoms with Crippen LogP contribution in [-0.2, 0) is 4.79 Å². The summed E-state index contributed by atoms with van der Waals surface area (Å²) in [5.74, 6) is -1.02. The van der Waals surface area contributed by atoms with Gasteiger partial charge in [-0.25, -0.2) is 0 Å². The summed E-state index contributed by atoms with van der Waals surface area (Å²) in [4.78, 5) is 11.4. The molecule has 4 N–H and O–H groups in total. The van der Waals surface area contributed by atoms with Crippen LogP contribution in [0.2, 0.25) is 0 Å². The van der Waals surface area contributed by atoms with E-state index in [1.54, 1.807) is 36.4 Å². The molecule has 3 aromatic rings. The summed E-state index contributed by atoms with van der Waals surface area (Å²) < 4.78 is 5.91. The van der Waals surface area contributed by atoms with Crippen molar-refractivity contribution in [2.45, 2.75) is 12.1 Å². The van der Waals surface area contributed by atoms with E-state index in [9.17, 15) is 15.0 Å². The zero-order valence-electron chi connectivity index (χ0n) is 12.8. The third-order valence-corrected chi connectivity index (χ3v) is 3.84. The molecule has 1 unspecified atom stereocenters. The zero-order valence-corrected chi connectivity index (χ0v) is 12.8. The lowest BCUT2D eigenvalue weighted by atomic mass is 10.0. The lowest BCUT2D eigenvalue weighted by molar-refractivity contribution is -0.140. The fourth-order valence-electron chi connectivity index (χ4n) is 2.60. The predicted octanol–water partition coefficient (Wildman–Crippen LogP) is 3.08. The maximum Gasteiger partial charge on any atom is 0.324 e. The maximum absolute atomic E-state index is 11.4. The van der Waals surface area contributed by atoms with E-state index in [2.05, 4.69) is 0 Å². The molecule has 3 rings (SSSR count). The summed E-state index contributed by atoms with van der Waals surface area (Å²) in [5.41, 5.74) is 6.45. The van der Waals surface area contributed by atoms with Gasteiger partial charge in [-0.2, -0.15) is 0 Å². The molecule has 0 saturated heterocycles. The van der Waals surface area contributed by atoms with E-state index in [-0.39, 0.29) is 11.5 Å². The number of rotatable bonds is 5. The van der Waals surface area contributed by atoms with Crippen molar-refractivity contribution in [3.05, 3.63) is 72.3 Å². The Morgan fingerprint density at radius 3 is 2.33 bits per heavy atom. The fourth-order valence-corrected chi connectivity index (χ4v) is 2.60. The normalized spacial score (nSPS) is 13.4. The van der Waals surface area contributed by atoms with Gasteiger partial charge in [-0.05, 0) is 17.0 Å². The average Bonchev–Trinajstić information content (AvgIpc) is 2.61. The van der Waals surface area contributed by atoms with Crippen LogP contribution in [0.25, 0.3) is 10.8 Å². The van der Waals surface area contributed by atoms with Gasteiger partial charge in [0.1, 0.15) is 12.1 Å². The number of phenolic OH excluding ortho intramolecular Hbond substituents is 1. The molecular weight excluding hydrogens is 306 g/mol. The van der Waals surface area contributed by atoms with E-state index in [1.165, 1.54) is 6.07 Å². The Labute approximate surface area is 138 Å². The largest absolute Gasteiger partial charge is 0.504 e. The molecule has 0 spiro atoms. The highest BCUT2D eigenvalue weighted by Gasteiger charge is 2.29. The van der Waals surface area contributed by atoms with Crippen LogP contribution in [0, 0.1) is 0 Å². The second kappa shape index (κ2) is 6.60. The van der Waals surface area contributed by atoms with Gasteiger partial charge >= 0.3 is 5.97 Å². The van der Waals surface area contributed by atoms with Crippen molar-refractivity contribution in [3.63, 3.8) is 0 Å². The van der Waals surface area contributed by atoms with Gasteiger partial charge < -0.3 is 20.7 Å². The van der Waals surface area contributed by atoms with E-state index in [1.807, 2.05) is 24.3 Å². The first-order chi connectivity index (χ1) is 11.6. The second-order valence-corrected chi connectivity index (χ2v) is 5.45. The number of carboxylic acid groups (broad SMARTS) is 1. The number of phenols is 1. The molecule has 0 aliphatic carbocycles. The van der Waals surface area contributed by atoms with Gasteiger partial charge in [0.15, 0.2) is 11.5 Å². The molecule has 5 nitrogen and oxygen atoms in total. The Morgan fingerprint density at radius 1 is 0.958 bits per heavy atom. The predicted molar refractivity (Wildman–Crippen MR) is 91.0 cm³/mol. The number of carboxylic acids is 1. The summed E-state index contributed by atoms with van der Waals surface area (Å²) >= 11 is 0. The van der Waals surface area contributed by atoms with Crippen molar-refractivity contribution in [3.8, 4) is 11.5 Å². The zero-order chi connectivity index (χ0) is 17.1. The topological polar surface area (TPSA) is 92.8 Å². The molecule has 0 amide bonds. The van der Waals surface area contributed by atoms with E-state index in [0.29, 0.717) is 10.9 Å². The summed E-state index contributed by atoms with van der Waals surface area (Å²) in [6, 6.07) is 18.3. The van der Waals surface area contributed by atoms with E-state index in [4.69, 9.17) is 10.5 Å². The molecule has 0 heterocycles. The first kappa shape index (κ1) is 15.8. The van der Waals surface area contributed by atoms with Crippen LogP contribution < -0.4 is 10.5 Å². The molecule has 122 valence electrons. The number of aliphatic carboxylic acids is 1. The van der Waals surface area contributed by atoms with Crippen molar-refractivity contribution < 1.29 is 19.7 Å². The van der Waals surface area contributed by atoms with Crippen LogP contribution in [0.15, 0.2) is 66.7 Å². The van der Waals surface area contributed by atoms with Gasteiger partial charge in [0, 0.05) is 5.39 Å². The quantitative estimate of drug-likeness (QED) is 0.671. The number of ether oxygens (including phenoxy) is 1. The number of fused-ring (bicyclic) bond motifs is 1. The van der Waals surface area contributed by atoms with Crippen LogP contribution in [0.4, 0.5) is 0 Å². The first-order valence-electron chi connectivity index (χ1n) is 7.48. The highest BCUT2D eigenvalue weighted by Crippen LogP contribution is 2.38. The molecule has 0 aliphatic rings. The number of hydrogen-bond donors (Lipinski definition) is 3. The van der Waals surface area contributed by atoms with E-state index >= 15 is 0 Å². The Morgan fingerprint density at radius 2 is 1.62 bits per heavy atom. The summed E-state index contributed by atoms with van der Waals surface area (Å²) in [6.07, 6.45) is -0.930. The maximum atomic E-state index is 11.4. The van der Waals surface area contributed by atoms with Crippen LogP contribution in [0.3, 0.4) is 0 Å². The summed E-state index contributed by atoms with van der Waals surface area (Å²) in [5, 5.41) is 21.1. The lowest BCUT2D eigenvalue weighted by Crippen LogP contribution is -2.39. The third kappa shape index (κ3) is 3.02. The van der Waals surface area contributed by atoms with Crippen LogP contribution >= 0.6 is 0 Å². The Kier molecular flexibility index (Phi) is 4.35. The third-order valence-electron chi connectivity index (χ3n) is 3.84. The van der Waals surface area contributed by atoms with Gasteiger partial charge in [0.2, 0.25) is 0 Å². The van der Waals surface area contributed by atoms with Gasteiger partial charge in [0.25, 0.3) is 0 Å². The number of carbonyl (C=O) groups is 1. The smallest absolute Gasteiger partial charge is 0.324 e. The monoisotopic (exact) mass is 323 g/mol. The van der Waals surface area contributed by atoms with Crippen molar-refractivity contribution in [2.24, 2.45) is 5.73 Å². The summed E-state index contributed by atoms with van der Waals surface area (Å²) in [7, 11) is 0. The van der Waals surface area contributed by atoms with Crippen molar-refractivity contribution in [1.82, 2.24) is 0 Å². The van der Waals surface area contributed by atoms with E-state index < -0.39 is 18.1 Å². The van der Waals surface area contributed by atoms with Crippen molar-refractivity contribution in [2.75, 3.05) is 0 Å². The molecule has 3 aromatic carbocycles. The van der Waals surface area contributed by atoms with Crippen molar-refractivity contribution in [1.29, 1.82) is 0 Å². The number of benzene rings is 3. The van der Waals surface area contributed by atoms with Gasteiger partial charge in [-0.15, -0.1) is 0 Å². The molecule has 5 heteroatoms. The van der Waals surface area contributed by atoms with Crippen LogP contribution in [0.1, 0.15) is 11.7 Å². The molecule has 0 bridgehead atoms. The first-order valence-corrected chi connectivity index (χ1v) is 7.48. The minimum atomic E-state index is -1.27. The SMILES string of the molecule is N[C@H](C(=O)O)C(Oc1c(O)ccc2ccccc12)c1ccccc1. The fraction of sp³-hybridized carbons (Fsp3) is 0.105. The average molecular weight is 323 g/mol. The minimum Gasteiger partial charge on any atom is -0.504 e. The minimum absolute atomic E-state index is 0.0628. The Balaban J connectivity index is 2.08. The van der Waals surface area contributed by atoms with Crippen molar-refractivity contribution >= 4 is 16.7 Å². The van der Waals surface area contributed by atoms with Gasteiger partial charge in [-0.1, -0.05) is 60.7 Å². The molecule has 0 radical (unpaired) electrons. The molecule has 0 fully saturated rings. The highest BCUT2D eigenvalue weighted by atomic mass is 16.5. The Hall–Kier alpha value is -3.05. The molecule has 0 aliphatic heterocycles. The summed E-state index contributed by atoms with van der Waals surface area (Å²) in [6.45, 7) is 0. The number of aromatic hydroxyl groups is 1. The van der Waals surface area contributed by atoms with E-state index in [0.717, 1.165) is 5.39 Å². The second-order valence-electron chi connectivity index (χ2n) is 5.45. The molecule has 0 aromatic heterocycles. The molecule has 24 heavy (non-hydrogen) atoms. The Bertz CT molecular complexity index is 864. The van der Waals surface area contributed by atoms with Gasteiger partial charge in [-0.3, -0.25) is 4.79 Å². The molecule has 0 saturated carbocycles. The highest BCUT2D eigenvalue weighted by molar-refractivity contribution is 5.90. The molecule has 2 atom stereocenters. The number of hydrogen-bond acceptors (Lipinski definition) is 4. The van der Waals surface area contributed by atoms with Crippen LogP contribution in [-0.4, -0.2) is 22.2 Å².